The van der Waals surface area contributed by atoms with Crippen molar-refractivity contribution in [2.24, 2.45) is 0 Å². The molecule has 0 saturated heterocycles. The standard InChI is InChI=1S/C29H35N3O4S/c1-4-27(29(34)30-23(2)3)31(21-20-24-14-8-5-9-15-24)28(33)22-32(25-16-10-6-11-17-25)37(35,36)26-18-12-7-13-19-26/h5-19,23,27H,4,20-22H2,1-3H3,(H,30,34)/t27-/m1/s1. The fourth-order valence-corrected chi connectivity index (χ4v) is 5.55. The second kappa shape index (κ2) is 13.1. The first-order valence-corrected chi connectivity index (χ1v) is 13.9. The number of amides is 2. The molecule has 3 aromatic carbocycles. The van der Waals surface area contributed by atoms with Crippen LogP contribution in [0.3, 0.4) is 0 Å². The van der Waals surface area contributed by atoms with Gasteiger partial charge in [0.2, 0.25) is 11.8 Å². The lowest BCUT2D eigenvalue weighted by Crippen LogP contribution is -2.54. The molecule has 0 saturated carbocycles. The number of carbonyl (C=O) groups excluding carboxylic acids is 2. The molecule has 0 bridgehead atoms. The highest BCUT2D eigenvalue weighted by Gasteiger charge is 2.33. The van der Waals surface area contributed by atoms with Gasteiger partial charge in [0.25, 0.3) is 10.0 Å². The van der Waals surface area contributed by atoms with E-state index < -0.39 is 28.5 Å². The molecule has 0 unspecified atom stereocenters. The van der Waals surface area contributed by atoms with Crippen molar-refractivity contribution >= 4 is 27.5 Å². The van der Waals surface area contributed by atoms with E-state index in [0.717, 1.165) is 9.87 Å². The number of nitrogens with zero attached hydrogens (tertiary/aromatic N) is 2. The van der Waals surface area contributed by atoms with Crippen molar-refractivity contribution < 1.29 is 18.0 Å². The average Bonchev–Trinajstić information content (AvgIpc) is 2.90. The van der Waals surface area contributed by atoms with Gasteiger partial charge < -0.3 is 10.2 Å². The number of benzene rings is 3. The number of sulfonamides is 1. The molecule has 7 nitrogen and oxygen atoms in total. The quantitative estimate of drug-likeness (QED) is 0.386. The number of hydrogen-bond donors (Lipinski definition) is 1. The van der Waals surface area contributed by atoms with Gasteiger partial charge >= 0.3 is 0 Å². The molecule has 1 atom stereocenters. The summed E-state index contributed by atoms with van der Waals surface area (Å²) in [5.74, 6) is -0.693. The van der Waals surface area contributed by atoms with Crippen molar-refractivity contribution in [1.29, 1.82) is 0 Å². The fraction of sp³-hybridized carbons (Fsp3) is 0.310. The molecule has 0 aromatic heterocycles. The van der Waals surface area contributed by atoms with Crippen molar-refractivity contribution in [1.82, 2.24) is 10.2 Å². The monoisotopic (exact) mass is 521 g/mol. The molecule has 3 rings (SSSR count). The first kappa shape index (κ1) is 27.9. The third kappa shape index (κ3) is 7.43. The highest BCUT2D eigenvalue weighted by molar-refractivity contribution is 7.92. The molecule has 0 fully saturated rings. The Morgan fingerprint density at radius 2 is 1.38 bits per heavy atom. The Morgan fingerprint density at radius 3 is 1.92 bits per heavy atom. The van der Waals surface area contributed by atoms with Gasteiger partial charge in [0.15, 0.2) is 0 Å². The number of nitrogens with one attached hydrogen (secondary N) is 1. The number of anilines is 1. The lowest BCUT2D eigenvalue weighted by Gasteiger charge is -2.33. The van der Waals surface area contributed by atoms with Gasteiger partial charge in [-0.05, 0) is 56.5 Å². The van der Waals surface area contributed by atoms with E-state index in [4.69, 9.17) is 0 Å². The van der Waals surface area contributed by atoms with Crippen LogP contribution in [-0.2, 0) is 26.0 Å². The van der Waals surface area contributed by atoms with E-state index in [-0.39, 0.29) is 23.4 Å². The van der Waals surface area contributed by atoms with Gasteiger partial charge in [0.05, 0.1) is 10.6 Å². The molecule has 0 aliphatic heterocycles. The Kier molecular flexibility index (Phi) is 9.85. The first-order chi connectivity index (χ1) is 17.7. The molecule has 3 aromatic rings. The van der Waals surface area contributed by atoms with E-state index in [1.54, 1.807) is 48.5 Å². The molecular weight excluding hydrogens is 486 g/mol. The first-order valence-electron chi connectivity index (χ1n) is 12.5. The largest absolute Gasteiger partial charge is 0.352 e. The summed E-state index contributed by atoms with van der Waals surface area (Å²) in [5, 5.41) is 2.90. The molecule has 8 heteroatoms. The van der Waals surface area contributed by atoms with E-state index in [9.17, 15) is 18.0 Å². The van der Waals surface area contributed by atoms with E-state index in [1.807, 2.05) is 51.1 Å². The SMILES string of the molecule is CC[C@H](C(=O)NC(C)C)N(CCc1ccccc1)C(=O)CN(c1ccccc1)S(=O)(=O)c1ccccc1. The Bertz CT molecular complexity index is 1250. The van der Waals surface area contributed by atoms with Crippen molar-refractivity contribution in [2.75, 3.05) is 17.4 Å². The van der Waals surface area contributed by atoms with Crippen LogP contribution in [-0.4, -0.2) is 50.3 Å². The Hall–Kier alpha value is -3.65. The highest BCUT2D eigenvalue weighted by atomic mass is 32.2. The van der Waals surface area contributed by atoms with Crippen molar-refractivity contribution in [3.63, 3.8) is 0 Å². The zero-order chi connectivity index (χ0) is 26.8. The summed E-state index contributed by atoms with van der Waals surface area (Å²) in [4.78, 5) is 28.5. The summed E-state index contributed by atoms with van der Waals surface area (Å²) < 4.78 is 28.4. The molecule has 0 aliphatic rings. The van der Waals surface area contributed by atoms with Gasteiger partial charge in [-0.1, -0.05) is 73.7 Å². The normalized spacial score (nSPS) is 12.1. The molecular formula is C29H35N3O4S. The minimum Gasteiger partial charge on any atom is -0.352 e. The molecule has 2 amide bonds. The lowest BCUT2D eigenvalue weighted by molar-refractivity contribution is -0.139. The van der Waals surface area contributed by atoms with Crippen LogP contribution in [0.5, 0.6) is 0 Å². The molecule has 0 spiro atoms. The number of rotatable bonds is 12. The smallest absolute Gasteiger partial charge is 0.264 e. The average molecular weight is 522 g/mol. The number of carbonyl (C=O) groups is 2. The zero-order valence-electron chi connectivity index (χ0n) is 21.6. The van der Waals surface area contributed by atoms with Crippen molar-refractivity contribution in [2.45, 2.75) is 50.6 Å². The molecule has 1 N–H and O–H groups in total. The molecule has 37 heavy (non-hydrogen) atoms. The van der Waals surface area contributed by atoms with Gasteiger partial charge in [0.1, 0.15) is 12.6 Å². The molecule has 0 heterocycles. The second-order valence-corrected chi connectivity index (χ2v) is 10.9. The van der Waals surface area contributed by atoms with Crippen LogP contribution < -0.4 is 9.62 Å². The molecule has 0 radical (unpaired) electrons. The summed E-state index contributed by atoms with van der Waals surface area (Å²) in [6, 6.07) is 25.5. The summed E-state index contributed by atoms with van der Waals surface area (Å²) >= 11 is 0. The maximum Gasteiger partial charge on any atom is 0.264 e. The Balaban J connectivity index is 1.97. The van der Waals surface area contributed by atoms with Crippen LogP contribution in [0.25, 0.3) is 0 Å². The predicted octanol–water partition coefficient (Wildman–Crippen LogP) is 4.26. The van der Waals surface area contributed by atoms with E-state index in [0.29, 0.717) is 18.5 Å². The summed E-state index contributed by atoms with van der Waals surface area (Å²) in [7, 11) is -4.04. The predicted molar refractivity (Wildman–Crippen MR) is 147 cm³/mol. The summed E-state index contributed by atoms with van der Waals surface area (Å²) in [6.07, 6.45) is 0.935. The van der Waals surface area contributed by atoms with Crippen LogP contribution in [0.15, 0.2) is 95.9 Å². The minimum atomic E-state index is -4.04. The van der Waals surface area contributed by atoms with Gasteiger partial charge in [-0.25, -0.2) is 8.42 Å². The van der Waals surface area contributed by atoms with E-state index in [2.05, 4.69) is 5.32 Å². The summed E-state index contributed by atoms with van der Waals surface area (Å²) in [6.45, 7) is 5.43. The maximum absolute atomic E-state index is 13.9. The van der Waals surface area contributed by atoms with Crippen molar-refractivity contribution in [3.05, 3.63) is 96.6 Å². The third-order valence-corrected chi connectivity index (χ3v) is 7.74. The highest BCUT2D eigenvalue weighted by Crippen LogP contribution is 2.24. The van der Waals surface area contributed by atoms with E-state index >= 15 is 0 Å². The van der Waals surface area contributed by atoms with Gasteiger partial charge in [-0.2, -0.15) is 0 Å². The van der Waals surface area contributed by atoms with Gasteiger partial charge in [0, 0.05) is 12.6 Å². The minimum absolute atomic E-state index is 0.0899. The number of para-hydroxylation sites is 1. The maximum atomic E-state index is 13.9. The van der Waals surface area contributed by atoms with Crippen LogP contribution in [0.4, 0.5) is 5.69 Å². The van der Waals surface area contributed by atoms with Crippen LogP contribution in [0, 0.1) is 0 Å². The number of hydrogen-bond acceptors (Lipinski definition) is 4. The zero-order valence-corrected chi connectivity index (χ0v) is 22.4. The lowest BCUT2D eigenvalue weighted by atomic mass is 10.1. The van der Waals surface area contributed by atoms with Crippen LogP contribution in [0.2, 0.25) is 0 Å². The topological polar surface area (TPSA) is 86.8 Å². The van der Waals surface area contributed by atoms with Crippen LogP contribution >= 0.6 is 0 Å². The fourth-order valence-electron chi connectivity index (χ4n) is 4.12. The Labute approximate surface area is 220 Å². The Morgan fingerprint density at radius 1 is 0.838 bits per heavy atom. The second-order valence-electron chi connectivity index (χ2n) is 9.07. The molecule has 196 valence electrons. The van der Waals surface area contributed by atoms with Crippen LogP contribution in [0.1, 0.15) is 32.8 Å². The third-order valence-electron chi connectivity index (χ3n) is 5.96. The summed E-state index contributed by atoms with van der Waals surface area (Å²) in [5.41, 5.74) is 1.40. The van der Waals surface area contributed by atoms with E-state index in [1.165, 1.54) is 17.0 Å². The van der Waals surface area contributed by atoms with Gasteiger partial charge in [-0.15, -0.1) is 0 Å². The molecule has 0 aliphatic carbocycles. The van der Waals surface area contributed by atoms with Crippen molar-refractivity contribution in [3.8, 4) is 0 Å². The van der Waals surface area contributed by atoms with Gasteiger partial charge in [-0.3, -0.25) is 13.9 Å².